The molecular weight excluding hydrogens is 267 g/mol. The van der Waals surface area contributed by atoms with Gasteiger partial charge in [0.25, 0.3) is 0 Å². The number of rotatable bonds is 2. The summed E-state index contributed by atoms with van der Waals surface area (Å²) < 4.78 is 37.5. The van der Waals surface area contributed by atoms with E-state index in [2.05, 4.69) is 4.98 Å². The van der Waals surface area contributed by atoms with Gasteiger partial charge in [-0.2, -0.15) is 13.2 Å². The van der Waals surface area contributed by atoms with Crippen LogP contribution in [0.5, 0.6) is 0 Å². The molecule has 0 aliphatic carbocycles. The van der Waals surface area contributed by atoms with Crippen molar-refractivity contribution in [2.45, 2.75) is 25.1 Å². The summed E-state index contributed by atoms with van der Waals surface area (Å²) in [6.45, 7) is 1.17. The van der Waals surface area contributed by atoms with Gasteiger partial charge in [-0.15, -0.1) is 0 Å². The van der Waals surface area contributed by atoms with Gasteiger partial charge in [-0.25, -0.2) is 4.98 Å². The molecule has 7 heteroatoms. The minimum Gasteiger partial charge on any atom is -0.351 e. The molecule has 1 aromatic heterocycles. The number of nitrogens with two attached hydrogens (primary N) is 1. The van der Waals surface area contributed by atoms with Gasteiger partial charge < -0.3 is 10.6 Å². The Morgan fingerprint density at radius 2 is 2.22 bits per heavy atom. The Morgan fingerprint density at radius 1 is 1.50 bits per heavy atom. The van der Waals surface area contributed by atoms with E-state index in [0.29, 0.717) is 12.4 Å². The summed E-state index contributed by atoms with van der Waals surface area (Å²) in [6, 6.07) is 1.02. The maximum Gasteiger partial charge on any atom is 0.417 e. The lowest BCUT2D eigenvalue weighted by Gasteiger charge is -2.25. The fraction of sp³-hybridized carbons (Fsp3) is 0.545. The van der Waals surface area contributed by atoms with Crippen LogP contribution in [-0.2, 0) is 6.18 Å². The van der Waals surface area contributed by atoms with Crippen LogP contribution in [0.3, 0.4) is 0 Å². The van der Waals surface area contributed by atoms with E-state index in [-0.39, 0.29) is 11.1 Å². The Hall–Kier alpha value is -1.01. The lowest BCUT2D eigenvalue weighted by Crippen LogP contribution is -2.36. The van der Waals surface area contributed by atoms with E-state index in [1.165, 1.54) is 0 Å². The SMILES string of the molecule is NCC1CCCN1c1ncc(C(F)(F)F)cc1Cl. The normalized spacial score (nSPS) is 20.5. The molecule has 0 spiro atoms. The zero-order chi connectivity index (χ0) is 13.3. The fourth-order valence-corrected chi connectivity index (χ4v) is 2.43. The van der Waals surface area contributed by atoms with Gasteiger partial charge >= 0.3 is 6.18 Å². The van der Waals surface area contributed by atoms with Crippen molar-refractivity contribution in [3.63, 3.8) is 0 Å². The molecule has 0 bridgehead atoms. The molecule has 1 aromatic rings. The quantitative estimate of drug-likeness (QED) is 0.905. The molecule has 1 saturated heterocycles. The third kappa shape index (κ3) is 2.54. The largest absolute Gasteiger partial charge is 0.417 e. The molecule has 1 aliphatic heterocycles. The number of hydrogen-bond donors (Lipinski definition) is 1. The maximum absolute atomic E-state index is 12.5. The molecule has 18 heavy (non-hydrogen) atoms. The molecule has 100 valence electrons. The van der Waals surface area contributed by atoms with Crippen molar-refractivity contribution in [2.24, 2.45) is 5.73 Å². The zero-order valence-corrected chi connectivity index (χ0v) is 10.3. The van der Waals surface area contributed by atoms with E-state index in [0.717, 1.165) is 31.6 Å². The third-order valence-electron chi connectivity index (χ3n) is 3.07. The van der Waals surface area contributed by atoms with Crippen molar-refractivity contribution in [1.82, 2.24) is 4.98 Å². The van der Waals surface area contributed by atoms with Crippen LogP contribution in [-0.4, -0.2) is 24.1 Å². The maximum atomic E-state index is 12.5. The van der Waals surface area contributed by atoms with Gasteiger partial charge in [-0.05, 0) is 18.9 Å². The second-order valence-electron chi connectivity index (χ2n) is 4.25. The predicted molar refractivity (Wildman–Crippen MR) is 63.7 cm³/mol. The molecule has 1 unspecified atom stereocenters. The molecule has 3 nitrogen and oxygen atoms in total. The van der Waals surface area contributed by atoms with Crippen LogP contribution in [0.4, 0.5) is 19.0 Å². The molecule has 0 aromatic carbocycles. The third-order valence-corrected chi connectivity index (χ3v) is 3.35. The van der Waals surface area contributed by atoms with Crippen LogP contribution in [0.2, 0.25) is 5.02 Å². The van der Waals surface area contributed by atoms with Gasteiger partial charge in [-0.3, -0.25) is 0 Å². The van der Waals surface area contributed by atoms with Crippen molar-refractivity contribution < 1.29 is 13.2 Å². The van der Waals surface area contributed by atoms with Crippen LogP contribution >= 0.6 is 11.6 Å². The van der Waals surface area contributed by atoms with E-state index >= 15 is 0 Å². The van der Waals surface area contributed by atoms with Crippen molar-refractivity contribution >= 4 is 17.4 Å². The van der Waals surface area contributed by atoms with E-state index in [1.54, 1.807) is 0 Å². The predicted octanol–water partition coefficient (Wildman–Crippen LogP) is 2.68. The van der Waals surface area contributed by atoms with Gasteiger partial charge in [-0.1, -0.05) is 11.6 Å². The lowest BCUT2D eigenvalue weighted by molar-refractivity contribution is -0.137. The molecule has 2 N–H and O–H groups in total. The lowest BCUT2D eigenvalue weighted by atomic mass is 10.2. The van der Waals surface area contributed by atoms with Crippen molar-refractivity contribution in [2.75, 3.05) is 18.0 Å². The minimum absolute atomic E-state index is 0.0187. The number of pyridine rings is 1. The van der Waals surface area contributed by atoms with E-state index < -0.39 is 11.7 Å². The summed E-state index contributed by atoms with van der Waals surface area (Å²) in [5, 5.41) is 0.0187. The highest BCUT2D eigenvalue weighted by Crippen LogP contribution is 2.35. The average molecular weight is 280 g/mol. The first-order valence-electron chi connectivity index (χ1n) is 5.63. The number of halogens is 4. The first-order valence-corrected chi connectivity index (χ1v) is 6.00. The number of aromatic nitrogens is 1. The molecule has 0 saturated carbocycles. The van der Waals surface area contributed by atoms with Crippen LogP contribution < -0.4 is 10.6 Å². The van der Waals surface area contributed by atoms with Crippen LogP contribution in [0.1, 0.15) is 18.4 Å². The highest BCUT2D eigenvalue weighted by atomic mass is 35.5. The van der Waals surface area contributed by atoms with Crippen molar-refractivity contribution in [3.05, 3.63) is 22.8 Å². The topological polar surface area (TPSA) is 42.1 Å². The van der Waals surface area contributed by atoms with E-state index in [4.69, 9.17) is 17.3 Å². The Bertz CT molecular complexity index is 436. The summed E-state index contributed by atoms with van der Waals surface area (Å²) in [5.74, 6) is 0.387. The molecular formula is C11H13ClF3N3. The van der Waals surface area contributed by atoms with Gasteiger partial charge in [0.15, 0.2) is 0 Å². The van der Waals surface area contributed by atoms with Gasteiger partial charge in [0.2, 0.25) is 0 Å². The number of anilines is 1. The van der Waals surface area contributed by atoms with Crippen LogP contribution in [0.15, 0.2) is 12.3 Å². The van der Waals surface area contributed by atoms with Crippen LogP contribution in [0, 0.1) is 0 Å². The summed E-state index contributed by atoms with van der Waals surface area (Å²) in [4.78, 5) is 5.72. The summed E-state index contributed by atoms with van der Waals surface area (Å²) in [6.07, 6.45) is -1.75. The molecule has 2 rings (SSSR count). The van der Waals surface area contributed by atoms with E-state index in [9.17, 15) is 13.2 Å². The number of alkyl halides is 3. The molecule has 0 radical (unpaired) electrons. The highest BCUT2D eigenvalue weighted by Gasteiger charge is 2.33. The molecule has 1 fully saturated rings. The van der Waals surface area contributed by atoms with E-state index in [1.807, 2.05) is 4.90 Å². The Labute approximate surface area is 108 Å². The molecule has 1 aliphatic rings. The van der Waals surface area contributed by atoms with Crippen molar-refractivity contribution in [1.29, 1.82) is 0 Å². The number of hydrogen-bond acceptors (Lipinski definition) is 3. The summed E-state index contributed by atoms with van der Waals surface area (Å²) >= 11 is 5.89. The van der Waals surface area contributed by atoms with Crippen molar-refractivity contribution in [3.8, 4) is 0 Å². The smallest absolute Gasteiger partial charge is 0.351 e. The monoisotopic (exact) mass is 279 g/mol. The number of nitrogens with zero attached hydrogens (tertiary/aromatic N) is 2. The summed E-state index contributed by atoms with van der Waals surface area (Å²) in [5.41, 5.74) is 4.78. The van der Waals surface area contributed by atoms with Gasteiger partial charge in [0, 0.05) is 25.3 Å². The molecule has 0 amide bonds. The first-order chi connectivity index (χ1) is 8.43. The fourth-order valence-electron chi connectivity index (χ4n) is 2.16. The molecule has 1 atom stereocenters. The second-order valence-corrected chi connectivity index (χ2v) is 4.66. The Balaban J connectivity index is 2.30. The first kappa shape index (κ1) is 13.4. The minimum atomic E-state index is -4.42. The average Bonchev–Trinajstić information content (AvgIpc) is 2.75. The van der Waals surface area contributed by atoms with Gasteiger partial charge in [0.05, 0.1) is 10.6 Å². The Morgan fingerprint density at radius 3 is 2.78 bits per heavy atom. The highest BCUT2D eigenvalue weighted by molar-refractivity contribution is 6.33. The molecule has 2 heterocycles. The Kier molecular flexibility index (Phi) is 3.68. The van der Waals surface area contributed by atoms with Crippen LogP contribution in [0.25, 0.3) is 0 Å². The van der Waals surface area contributed by atoms with Gasteiger partial charge in [0.1, 0.15) is 5.82 Å². The standard InChI is InChI=1S/C11H13ClF3N3/c12-9-4-7(11(13,14)15)6-17-10(9)18-3-1-2-8(18)5-16/h4,6,8H,1-3,5,16H2. The zero-order valence-electron chi connectivity index (χ0n) is 9.54. The second kappa shape index (κ2) is 4.93. The summed E-state index contributed by atoms with van der Waals surface area (Å²) in [7, 11) is 0.